The van der Waals surface area contributed by atoms with Crippen molar-refractivity contribution in [2.45, 2.75) is 115 Å². The van der Waals surface area contributed by atoms with Gasteiger partial charge in [0.05, 0.1) is 6.04 Å². The number of carbonyl (C=O) groups excluding carboxylic acids is 5. The maximum absolute atomic E-state index is 14.2. The van der Waals surface area contributed by atoms with E-state index >= 15 is 0 Å². The van der Waals surface area contributed by atoms with Gasteiger partial charge in [-0.2, -0.15) is 0 Å². The zero-order valence-electron chi connectivity index (χ0n) is 31.2. The van der Waals surface area contributed by atoms with Crippen molar-refractivity contribution < 1.29 is 38.6 Å². The van der Waals surface area contributed by atoms with Gasteiger partial charge in [-0.1, -0.05) is 105 Å². The van der Waals surface area contributed by atoms with E-state index < -0.39 is 66.2 Å². The molecule has 12 heteroatoms. The van der Waals surface area contributed by atoms with Gasteiger partial charge >= 0.3 is 12.1 Å². The summed E-state index contributed by atoms with van der Waals surface area (Å²) in [5.41, 5.74) is 0.809. The van der Waals surface area contributed by atoms with Gasteiger partial charge in [-0.15, -0.1) is 0 Å². The zero-order valence-corrected chi connectivity index (χ0v) is 31.2. The van der Waals surface area contributed by atoms with Crippen LogP contribution in [0, 0.1) is 5.92 Å². The standard InChI is InChI=1S/C41H54N4O8/c1-5-15-32(36(47)39(50)42-25-34(46)52-26-27-16-8-6-9-17-27)43-37(48)33(24-30-22-14-21-28-18-12-13-23-31(28)30)44-38(49)35(29-19-10-7-11-20-29)45-40(51)53-41(2,3)4/h6,8-9,12-14,16-18,21-23,29,32-33,35-36,47H,5,7,10-11,15,19-20,24-26H2,1-4H3,(H,42,50)(H,43,48)(H,44,49)(H,45,51)/t32?,33-,35-,36?/m0/s1. The van der Waals surface area contributed by atoms with E-state index in [2.05, 4.69) is 21.3 Å². The average Bonchev–Trinajstić information content (AvgIpc) is 3.14. The van der Waals surface area contributed by atoms with Gasteiger partial charge in [-0.3, -0.25) is 19.2 Å². The van der Waals surface area contributed by atoms with Gasteiger partial charge in [-0.05, 0) is 67.9 Å². The number of alkyl carbamates (subject to hydrolysis) is 1. The summed E-state index contributed by atoms with van der Waals surface area (Å²) < 4.78 is 10.7. The lowest BCUT2D eigenvalue weighted by Crippen LogP contribution is -2.59. The van der Waals surface area contributed by atoms with Crippen LogP contribution in [0.3, 0.4) is 0 Å². The summed E-state index contributed by atoms with van der Waals surface area (Å²) in [5, 5.41) is 23.9. The predicted octanol–water partition coefficient (Wildman–Crippen LogP) is 4.85. The van der Waals surface area contributed by atoms with E-state index in [-0.39, 0.29) is 25.4 Å². The molecule has 0 aromatic heterocycles. The Kier molecular flexibility index (Phi) is 15.2. The summed E-state index contributed by atoms with van der Waals surface area (Å²) >= 11 is 0. The zero-order chi connectivity index (χ0) is 38.4. The Morgan fingerprint density at radius 3 is 2.19 bits per heavy atom. The second-order valence-corrected chi connectivity index (χ2v) is 14.6. The fraction of sp³-hybridized carbons (Fsp3) is 0.488. The molecule has 5 N–H and O–H groups in total. The van der Waals surface area contributed by atoms with Crippen LogP contribution in [-0.4, -0.2) is 71.3 Å². The smallest absolute Gasteiger partial charge is 0.408 e. The summed E-state index contributed by atoms with van der Waals surface area (Å²) in [6, 6.07) is 19.4. The van der Waals surface area contributed by atoms with E-state index in [1.54, 1.807) is 32.9 Å². The molecule has 4 rings (SSSR count). The lowest BCUT2D eigenvalue weighted by Gasteiger charge is -2.32. The van der Waals surface area contributed by atoms with Gasteiger partial charge in [0.25, 0.3) is 5.91 Å². The van der Waals surface area contributed by atoms with E-state index in [4.69, 9.17) is 9.47 Å². The van der Waals surface area contributed by atoms with Crippen LogP contribution in [0.1, 0.15) is 83.8 Å². The third-order valence-electron chi connectivity index (χ3n) is 9.24. The van der Waals surface area contributed by atoms with E-state index in [1.807, 2.05) is 67.6 Å². The lowest BCUT2D eigenvalue weighted by molar-refractivity contribution is -0.146. The van der Waals surface area contributed by atoms with Crippen LogP contribution in [0.25, 0.3) is 10.8 Å². The second-order valence-electron chi connectivity index (χ2n) is 14.6. The maximum Gasteiger partial charge on any atom is 0.408 e. The van der Waals surface area contributed by atoms with Crippen LogP contribution in [0.5, 0.6) is 0 Å². The van der Waals surface area contributed by atoms with Crippen LogP contribution in [0.15, 0.2) is 72.8 Å². The van der Waals surface area contributed by atoms with Gasteiger partial charge in [0, 0.05) is 6.42 Å². The number of fused-ring (bicyclic) bond motifs is 1. The molecule has 1 saturated carbocycles. The van der Waals surface area contributed by atoms with Crippen LogP contribution in [0.2, 0.25) is 0 Å². The largest absolute Gasteiger partial charge is 0.460 e. The Morgan fingerprint density at radius 1 is 0.811 bits per heavy atom. The van der Waals surface area contributed by atoms with Crippen LogP contribution >= 0.6 is 0 Å². The normalized spacial score (nSPS) is 15.6. The first-order valence-electron chi connectivity index (χ1n) is 18.6. The minimum Gasteiger partial charge on any atom is -0.460 e. The molecule has 0 spiro atoms. The summed E-state index contributed by atoms with van der Waals surface area (Å²) in [5.74, 6) is -2.83. The Morgan fingerprint density at radius 2 is 1.49 bits per heavy atom. The topological polar surface area (TPSA) is 172 Å². The number of benzene rings is 3. The molecule has 0 radical (unpaired) electrons. The second kappa shape index (κ2) is 19.8. The van der Waals surface area contributed by atoms with Crippen molar-refractivity contribution in [3.8, 4) is 0 Å². The van der Waals surface area contributed by atoms with Gasteiger partial charge in [0.15, 0.2) is 6.10 Å². The number of rotatable bonds is 16. The number of esters is 1. The summed E-state index contributed by atoms with van der Waals surface area (Å²) in [4.78, 5) is 66.6. The minimum absolute atomic E-state index is 0.0331. The molecule has 1 aliphatic rings. The molecular formula is C41H54N4O8. The van der Waals surface area contributed by atoms with E-state index in [0.717, 1.165) is 54.0 Å². The maximum atomic E-state index is 14.2. The molecule has 12 nitrogen and oxygen atoms in total. The van der Waals surface area contributed by atoms with Crippen molar-refractivity contribution >= 4 is 40.6 Å². The van der Waals surface area contributed by atoms with E-state index in [0.29, 0.717) is 6.42 Å². The van der Waals surface area contributed by atoms with E-state index in [9.17, 15) is 29.1 Å². The first kappa shape index (κ1) is 40.8. The van der Waals surface area contributed by atoms with Gasteiger partial charge < -0.3 is 35.8 Å². The molecule has 2 unspecified atom stereocenters. The molecule has 0 heterocycles. The molecule has 0 aliphatic heterocycles. The molecule has 286 valence electrons. The van der Waals surface area contributed by atoms with Gasteiger partial charge in [0.1, 0.15) is 30.8 Å². The van der Waals surface area contributed by atoms with Crippen LogP contribution < -0.4 is 21.3 Å². The summed E-state index contributed by atoms with van der Waals surface area (Å²) in [7, 11) is 0. The highest BCUT2D eigenvalue weighted by atomic mass is 16.6. The third kappa shape index (κ3) is 12.9. The third-order valence-corrected chi connectivity index (χ3v) is 9.24. The number of ether oxygens (including phenoxy) is 2. The highest BCUT2D eigenvalue weighted by molar-refractivity contribution is 5.93. The fourth-order valence-corrected chi connectivity index (χ4v) is 6.60. The number of amides is 4. The minimum atomic E-state index is -1.70. The molecule has 1 fully saturated rings. The Hall–Kier alpha value is -4.97. The first-order valence-corrected chi connectivity index (χ1v) is 18.6. The SMILES string of the molecule is CCCC(NC(=O)[C@H](Cc1cccc2ccccc12)NC(=O)[C@@H](NC(=O)OC(C)(C)C)C1CCCCC1)C(O)C(=O)NCC(=O)OCc1ccccc1. The highest BCUT2D eigenvalue weighted by Crippen LogP contribution is 2.27. The van der Waals surface area contributed by atoms with Gasteiger partial charge in [0.2, 0.25) is 11.8 Å². The molecule has 53 heavy (non-hydrogen) atoms. The predicted molar refractivity (Wildman–Crippen MR) is 201 cm³/mol. The molecule has 4 atom stereocenters. The van der Waals surface area contributed by atoms with Gasteiger partial charge in [-0.25, -0.2) is 4.79 Å². The molecule has 0 saturated heterocycles. The van der Waals surface area contributed by atoms with Crippen LogP contribution in [0.4, 0.5) is 4.79 Å². The van der Waals surface area contributed by atoms with Crippen molar-refractivity contribution in [2.75, 3.05) is 6.54 Å². The van der Waals surface area contributed by atoms with Crippen molar-refractivity contribution in [3.63, 3.8) is 0 Å². The molecule has 3 aromatic carbocycles. The van der Waals surface area contributed by atoms with Crippen LogP contribution in [-0.2, 0) is 41.7 Å². The average molecular weight is 731 g/mol. The van der Waals surface area contributed by atoms with Crippen molar-refractivity contribution in [3.05, 3.63) is 83.9 Å². The number of hydrogen-bond acceptors (Lipinski definition) is 8. The molecule has 1 aliphatic carbocycles. The lowest BCUT2D eigenvalue weighted by atomic mass is 9.83. The number of hydrogen-bond donors (Lipinski definition) is 5. The fourth-order valence-electron chi connectivity index (χ4n) is 6.60. The summed E-state index contributed by atoms with van der Waals surface area (Å²) in [6.07, 6.45) is 2.74. The summed E-state index contributed by atoms with van der Waals surface area (Å²) in [6.45, 7) is 6.63. The molecule has 4 amide bonds. The first-order chi connectivity index (χ1) is 25.3. The van der Waals surface area contributed by atoms with Crippen molar-refractivity contribution in [1.82, 2.24) is 21.3 Å². The van der Waals surface area contributed by atoms with Crippen molar-refractivity contribution in [2.24, 2.45) is 5.92 Å². The number of carbonyl (C=O) groups is 5. The number of aliphatic hydroxyl groups excluding tert-OH is 1. The quantitative estimate of drug-likeness (QED) is 0.130. The highest BCUT2D eigenvalue weighted by Gasteiger charge is 2.36. The van der Waals surface area contributed by atoms with Crippen molar-refractivity contribution in [1.29, 1.82) is 0 Å². The van der Waals surface area contributed by atoms with E-state index in [1.165, 1.54) is 0 Å². The Balaban J connectivity index is 1.52. The number of aliphatic hydroxyl groups is 1. The number of nitrogens with one attached hydrogen (secondary N) is 4. The molecule has 3 aromatic rings. The monoisotopic (exact) mass is 730 g/mol. The molecular weight excluding hydrogens is 676 g/mol. The Bertz CT molecular complexity index is 1680. The molecule has 0 bridgehead atoms. The Labute approximate surface area is 311 Å².